The van der Waals surface area contributed by atoms with Crippen LogP contribution in [0.25, 0.3) is 0 Å². The van der Waals surface area contributed by atoms with Crippen LogP contribution in [0.1, 0.15) is 74.4 Å². The summed E-state index contributed by atoms with van der Waals surface area (Å²) in [5.41, 5.74) is 1.32. The number of benzene rings is 2. The number of aromatic nitrogens is 3. The van der Waals surface area contributed by atoms with Crippen molar-refractivity contribution in [1.29, 1.82) is 0 Å². The monoisotopic (exact) mass is 468 g/mol. The van der Waals surface area contributed by atoms with Crippen molar-refractivity contribution in [3.05, 3.63) is 75.6 Å². The minimum absolute atomic E-state index is 0.0526. The van der Waals surface area contributed by atoms with Crippen LogP contribution in [-0.2, 0) is 0 Å². The van der Waals surface area contributed by atoms with Crippen LogP contribution < -0.4 is 4.74 Å². The van der Waals surface area contributed by atoms with Crippen LogP contribution in [0.4, 0.5) is 5.69 Å². The molecule has 3 aromatic rings. The van der Waals surface area contributed by atoms with Crippen molar-refractivity contribution in [2.45, 2.75) is 57.8 Å². The normalized spacial score (nSPS) is 12.2. The minimum Gasteiger partial charge on any atom is -0.482 e. The van der Waals surface area contributed by atoms with Gasteiger partial charge in [0.05, 0.1) is 10.7 Å². The predicted octanol–water partition coefficient (Wildman–Crippen LogP) is 6.01. The third-order valence-corrected chi connectivity index (χ3v) is 6.07. The average Bonchev–Trinajstić information content (AvgIpc) is 3.22. The number of nitro groups is 1. The highest BCUT2D eigenvalue weighted by Gasteiger charge is 2.23. The van der Waals surface area contributed by atoms with Gasteiger partial charge in [-0.15, -0.1) is 10.2 Å². The van der Waals surface area contributed by atoms with E-state index in [1.54, 1.807) is 6.07 Å². The highest BCUT2D eigenvalue weighted by atomic mass is 32.2. The Hall–Kier alpha value is -3.20. The molecule has 0 radical (unpaired) electrons. The quantitative estimate of drug-likeness (QED) is 0.155. The van der Waals surface area contributed by atoms with Crippen LogP contribution in [-0.4, -0.2) is 31.2 Å². The molecule has 1 atom stereocenters. The number of non-ortho nitro benzene ring substituents is 1. The summed E-state index contributed by atoms with van der Waals surface area (Å²) in [5.74, 6) is 1.69. The maximum Gasteiger partial charge on any atom is 0.270 e. The number of hydrogen-bond donors (Lipinski definition) is 0. The molecule has 9 heteroatoms. The molecule has 2 aromatic carbocycles. The van der Waals surface area contributed by atoms with Gasteiger partial charge in [0, 0.05) is 23.7 Å². The maximum absolute atomic E-state index is 12.6. The molecule has 1 unspecified atom stereocenters. The summed E-state index contributed by atoms with van der Waals surface area (Å²) in [5, 5.41) is 20.3. The van der Waals surface area contributed by atoms with E-state index in [0.29, 0.717) is 22.5 Å². The summed E-state index contributed by atoms with van der Waals surface area (Å²) in [6.45, 7) is 10.2. The fourth-order valence-electron chi connectivity index (χ4n) is 3.46. The first-order valence-electron chi connectivity index (χ1n) is 10.8. The highest BCUT2D eigenvalue weighted by Crippen LogP contribution is 2.32. The smallest absolute Gasteiger partial charge is 0.270 e. The fraction of sp³-hybridized carbons (Fsp3) is 0.375. The summed E-state index contributed by atoms with van der Waals surface area (Å²) in [6.07, 6.45) is -0.346. The van der Waals surface area contributed by atoms with E-state index in [9.17, 15) is 14.9 Å². The van der Waals surface area contributed by atoms with Crippen LogP contribution in [0.2, 0.25) is 0 Å². The number of Topliss-reactive ketones (excluding diaryl/α,β-unsaturated/α-hetero) is 1. The largest absolute Gasteiger partial charge is 0.482 e. The molecule has 0 saturated carbocycles. The lowest BCUT2D eigenvalue weighted by Gasteiger charge is -2.21. The molecule has 0 amide bonds. The fourth-order valence-corrected chi connectivity index (χ4v) is 4.43. The SMILES string of the molecule is CC(C)c1ccccc1OC(C)c1nnc(SCC(=O)c2cccc([N+](=O)[O-])c2)n1C(C)C. The summed E-state index contributed by atoms with van der Waals surface area (Å²) in [4.78, 5) is 23.1. The van der Waals surface area contributed by atoms with Gasteiger partial charge in [-0.2, -0.15) is 0 Å². The summed E-state index contributed by atoms with van der Waals surface area (Å²) in [7, 11) is 0. The zero-order valence-corrected chi connectivity index (χ0v) is 20.2. The number of ketones is 1. The number of carbonyl (C=O) groups excluding carboxylic acids is 1. The molecule has 0 fully saturated rings. The molecule has 1 heterocycles. The van der Waals surface area contributed by atoms with Gasteiger partial charge in [-0.25, -0.2) is 0 Å². The van der Waals surface area contributed by atoms with Gasteiger partial charge >= 0.3 is 0 Å². The van der Waals surface area contributed by atoms with E-state index < -0.39 is 4.92 Å². The molecule has 0 N–H and O–H groups in total. The number of rotatable bonds is 10. The van der Waals surface area contributed by atoms with Gasteiger partial charge in [-0.3, -0.25) is 14.9 Å². The summed E-state index contributed by atoms with van der Waals surface area (Å²) < 4.78 is 8.23. The third kappa shape index (κ3) is 5.78. The zero-order chi connectivity index (χ0) is 24.1. The van der Waals surface area contributed by atoms with Crippen molar-refractivity contribution in [3.63, 3.8) is 0 Å². The Balaban J connectivity index is 1.78. The van der Waals surface area contributed by atoms with Crippen LogP contribution in [0, 0.1) is 10.1 Å². The van der Waals surface area contributed by atoms with Gasteiger partial charge < -0.3 is 9.30 Å². The van der Waals surface area contributed by atoms with Crippen molar-refractivity contribution in [2.75, 3.05) is 5.75 Å². The van der Waals surface area contributed by atoms with E-state index in [2.05, 4.69) is 30.1 Å². The molecule has 0 spiro atoms. The number of hydrogen-bond acceptors (Lipinski definition) is 7. The van der Waals surface area contributed by atoms with Crippen molar-refractivity contribution in [2.24, 2.45) is 0 Å². The Bertz CT molecular complexity index is 1140. The maximum atomic E-state index is 12.6. The van der Waals surface area contributed by atoms with Gasteiger partial charge in [0.2, 0.25) is 0 Å². The van der Waals surface area contributed by atoms with Crippen molar-refractivity contribution in [1.82, 2.24) is 14.8 Å². The molecule has 3 rings (SSSR count). The van der Waals surface area contributed by atoms with E-state index in [4.69, 9.17) is 4.74 Å². The number of para-hydroxylation sites is 1. The Labute approximate surface area is 197 Å². The molecule has 0 aliphatic heterocycles. The third-order valence-electron chi connectivity index (χ3n) is 5.13. The first kappa shape index (κ1) is 24.4. The first-order chi connectivity index (χ1) is 15.7. The standard InChI is InChI=1S/C24H28N4O4S/c1-15(2)20-11-6-7-12-22(20)32-17(5)23-25-26-24(27(23)16(3)4)33-14-21(29)18-9-8-10-19(13-18)28(30)31/h6-13,15-17H,14H2,1-5H3. The van der Waals surface area contributed by atoms with E-state index in [0.717, 1.165) is 11.3 Å². The molecule has 174 valence electrons. The Kier molecular flexibility index (Phi) is 7.86. The second-order valence-corrected chi connectivity index (χ2v) is 9.22. The Morgan fingerprint density at radius 2 is 1.82 bits per heavy atom. The molecule has 0 aliphatic carbocycles. The lowest BCUT2D eigenvalue weighted by atomic mass is 10.0. The van der Waals surface area contributed by atoms with Crippen LogP contribution in [0.5, 0.6) is 5.75 Å². The zero-order valence-electron chi connectivity index (χ0n) is 19.4. The van der Waals surface area contributed by atoms with Gasteiger partial charge in [-0.05, 0) is 38.3 Å². The molecule has 33 heavy (non-hydrogen) atoms. The van der Waals surface area contributed by atoms with Gasteiger partial charge in [0.25, 0.3) is 5.69 Å². The van der Waals surface area contributed by atoms with E-state index in [1.807, 2.05) is 43.5 Å². The first-order valence-corrected chi connectivity index (χ1v) is 11.8. The van der Waals surface area contributed by atoms with Gasteiger partial charge in [0.1, 0.15) is 5.75 Å². The lowest BCUT2D eigenvalue weighted by Crippen LogP contribution is -2.15. The molecule has 0 saturated heterocycles. The van der Waals surface area contributed by atoms with Crippen LogP contribution in [0.15, 0.2) is 53.7 Å². The topological polar surface area (TPSA) is 100 Å². The van der Waals surface area contributed by atoms with E-state index in [1.165, 1.54) is 30.0 Å². The molecule has 1 aromatic heterocycles. The number of nitrogens with zero attached hydrogens (tertiary/aromatic N) is 4. The second kappa shape index (κ2) is 10.6. The minimum atomic E-state index is -0.510. The molecular weight excluding hydrogens is 440 g/mol. The second-order valence-electron chi connectivity index (χ2n) is 8.28. The number of carbonyl (C=O) groups is 1. The number of thioether (sulfide) groups is 1. The summed E-state index contributed by atoms with van der Waals surface area (Å²) in [6, 6.07) is 13.8. The van der Waals surface area contributed by atoms with Crippen LogP contribution in [0.3, 0.4) is 0 Å². The molecule has 8 nitrogen and oxygen atoms in total. The van der Waals surface area contributed by atoms with Crippen LogP contribution >= 0.6 is 11.8 Å². The average molecular weight is 469 g/mol. The Morgan fingerprint density at radius 3 is 2.48 bits per heavy atom. The molecule has 0 bridgehead atoms. The lowest BCUT2D eigenvalue weighted by molar-refractivity contribution is -0.384. The molecule has 0 aliphatic rings. The van der Waals surface area contributed by atoms with Crippen molar-refractivity contribution < 1.29 is 14.5 Å². The van der Waals surface area contributed by atoms with E-state index in [-0.39, 0.29) is 29.4 Å². The molecular formula is C24H28N4O4S. The van der Waals surface area contributed by atoms with Crippen molar-refractivity contribution in [3.8, 4) is 5.75 Å². The highest BCUT2D eigenvalue weighted by molar-refractivity contribution is 7.99. The van der Waals surface area contributed by atoms with Gasteiger partial charge in [-0.1, -0.05) is 55.9 Å². The predicted molar refractivity (Wildman–Crippen MR) is 128 cm³/mol. The number of ether oxygens (including phenoxy) is 1. The Morgan fingerprint density at radius 1 is 1.09 bits per heavy atom. The van der Waals surface area contributed by atoms with E-state index >= 15 is 0 Å². The van der Waals surface area contributed by atoms with Crippen molar-refractivity contribution >= 4 is 23.2 Å². The summed E-state index contributed by atoms with van der Waals surface area (Å²) >= 11 is 1.26. The number of nitro benzene ring substituents is 1. The van der Waals surface area contributed by atoms with Gasteiger partial charge in [0.15, 0.2) is 22.9 Å².